The minimum Gasteiger partial charge on any atom is -0.373 e. The molecule has 1 atom stereocenters. The Kier molecular flexibility index (Phi) is 3.21. The molecular weight excluding hydrogens is 306 g/mol. The molecule has 0 saturated heterocycles. The van der Waals surface area contributed by atoms with Gasteiger partial charge in [-0.3, -0.25) is 4.79 Å². The van der Waals surface area contributed by atoms with Crippen LogP contribution < -0.4 is 10.6 Å². The average Bonchev–Trinajstić information content (AvgIpc) is 2.85. The third-order valence-corrected chi connectivity index (χ3v) is 3.55. The first-order valence-electron chi connectivity index (χ1n) is 5.99. The molecular formula is C14H12BrN3O. The smallest absolute Gasteiger partial charge is 0.247 e. The number of halogens is 1. The lowest BCUT2D eigenvalue weighted by Gasteiger charge is -2.11. The molecule has 1 aliphatic heterocycles. The predicted octanol–water partition coefficient (Wildman–Crippen LogP) is 2.82. The van der Waals surface area contributed by atoms with Crippen molar-refractivity contribution in [3.8, 4) is 0 Å². The van der Waals surface area contributed by atoms with Gasteiger partial charge in [-0.2, -0.15) is 0 Å². The second kappa shape index (κ2) is 5.01. The Hall–Kier alpha value is -1.88. The maximum atomic E-state index is 12.2. The molecule has 4 nitrogen and oxygen atoms in total. The first-order valence-corrected chi connectivity index (χ1v) is 6.78. The maximum absolute atomic E-state index is 12.2. The van der Waals surface area contributed by atoms with Crippen LogP contribution in [0.15, 0.2) is 47.2 Å². The molecule has 0 saturated carbocycles. The molecule has 2 aromatic rings. The van der Waals surface area contributed by atoms with Crippen LogP contribution in [0.3, 0.4) is 0 Å². The summed E-state index contributed by atoms with van der Waals surface area (Å²) in [5.74, 6) is -0.0414. The Balaban J connectivity index is 1.68. The predicted molar refractivity (Wildman–Crippen MR) is 78.1 cm³/mol. The van der Waals surface area contributed by atoms with E-state index in [-0.39, 0.29) is 11.9 Å². The third kappa shape index (κ3) is 2.61. The van der Waals surface area contributed by atoms with E-state index in [9.17, 15) is 4.79 Å². The summed E-state index contributed by atoms with van der Waals surface area (Å²) in [5, 5.41) is 6.09. The normalized spacial score (nSPS) is 16.6. The Morgan fingerprint density at radius 1 is 1.32 bits per heavy atom. The summed E-state index contributed by atoms with van der Waals surface area (Å²) in [5.41, 5.74) is 2.92. The van der Waals surface area contributed by atoms with E-state index in [4.69, 9.17) is 0 Å². The first kappa shape index (κ1) is 12.2. The van der Waals surface area contributed by atoms with Gasteiger partial charge in [0.1, 0.15) is 10.6 Å². The molecule has 0 radical (unpaired) electrons. The van der Waals surface area contributed by atoms with Crippen LogP contribution in [0.2, 0.25) is 0 Å². The van der Waals surface area contributed by atoms with E-state index in [1.165, 1.54) is 5.56 Å². The van der Waals surface area contributed by atoms with Crippen molar-refractivity contribution in [2.45, 2.75) is 12.5 Å². The maximum Gasteiger partial charge on any atom is 0.247 e. The van der Waals surface area contributed by atoms with Gasteiger partial charge in [0.2, 0.25) is 5.91 Å². The number of para-hydroxylation sites is 1. The van der Waals surface area contributed by atoms with Crippen LogP contribution in [0.4, 0.5) is 11.4 Å². The van der Waals surface area contributed by atoms with Crippen molar-refractivity contribution in [2.75, 3.05) is 10.6 Å². The van der Waals surface area contributed by atoms with Crippen molar-refractivity contribution < 1.29 is 4.79 Å². The molecule has 3 rings (SSSR count). The van der Waals surface area contributed by atoms with Crippen LogP contribution in [0.1, 0.15) is 5.56 Å². The molecule has 1 aromatic carbocycles. The lowest BCUT2D eigenvalue weighted by molar-refractivity contribution is -0.116. The zero-order valence-corrected chi connectivity index (χ0v) is 11.6. The monoisotopic (exact) mass is 317 g/mol. The third-order valence-electron chi connectivity index (χ3n) is 3.08. The Bertz CT molecular complexity index is 587. The number of pyridine rings is 1. The van der Waals surface area contributed by atoms with Crippen LogP contribution in [0, 0.1) is 0 Å². The van der Waals surface area contributed by atoms with Gasteiger partial charge in [-0.25, -0.2) is 4.98 Å². The number of carbonyl (C=O) groups excluding carboxylic acids is 1. The molecule has 1 aliphatic rings. The minimum absolute atomic E-state index is 0.0414. The number of nitrogens with zero attached hydrogens (tertiary/aromatic N) is 1. The van der Waals surface area contributed by atoms with Gasteiger partial charge < -0.3 is 10.6 Å². The molecule has 1 amide bonds. The summed E-state index contributed by atoms with van der Waals surface area (Å²) in [6, 6.07) is 11.4. The summed E-state index contributed by atoms with van der Waals surface area (Å²) in [7, 11) is 0. The molecule has 0 unspecified atom stereocenters. The molecule has 0 spiro atoms. The molecule has 0 bridgehead atoms. The standard InChI is InChI=1S/C14H12BrN3O/c15-13-6-5-10(8-16-13)17-14(19)12-7-9-3-1-2-4-11(9)18-12/h1-6,8,12,18H,7H2,(H,17,19)/t12-/m0/s1. The zero-order chi connectivity index (χ0) is 13.2. The number of aromatic nitrogens is 1. The highest BCUT2D eigenvalue weighted by molar-refractivity contribution is 9.10. The molecule has 5 heteroatoms. The van der Waals surface area contributed by atoms with Gasteiger partial charge in [0.05, 0.1) is 11.9 Å². The highest BCUT2D eigenvalue weighted by Crippen LogP contribution is 2.25. The van der Waals surface area contributed by atoms with Gasteiger partial charge in [-0.15, -0.1) is 0 Å². The summed E-state index contributed by atoms with van der Waals surface area (Å²) in [6.45, 7) is 0. The highest BCUT2D eigenvalue weighted by Gasteiger charge is 2.26. The number of anilines is 2. The van der Waals surface area contributed by atoms with Crippen LogP contribution in [-0.4, -0.2) is 16.9 Å². The SMILES string of the molecule is O=C(Nc1ccc(Br)nc1)[C@@H]1Cc2ccccc2N1. The fourth-order valence-electron chi connectivity index (χ4n) is 2.14. The molecule has 2 heterocycles. The molecule has 19 heavy (non-hydrogen) atoms. The molecule has 96 valence electrons. The zero-order valence-electron chi connectivity index (χ0n) is 10.1. The van der Waals surface area contributed by atoms with Gasteiger partial charge in [-0.05, 0) is 39.7 Å². The van der Waals surface area contributed by atoms with Crippen LogP contribution in [0.5, 0.6) is 0 Å². The summed E-state index contributed by atoms with van der Waals surface area (Å²) in [4.78, 5) is 16.2. The van der Waals surface area contributed by atoms with Crippen LogP contribution in [-0.2, 0) is 11.2 Å². The van der Waals surface area contributed by atoms with E-state index >= 15 is 0 Å². The number of nitrogens with one attached hydrogen (secondary N) is 2. The van der Waals surface area contributed by atoms with Gasteiger partial charge in [0, 0.05) is 12.1 Å². The summed E-state index contributed by atoms with van der Waals surface area (Å²) < 4.78 is 0.747. The molecule has 0 fully saturated rings. The van der Waals surface area contributed by atoms with Gasteiger partial charge in [0.15, 0.2) is 0 Å². The summed E-state index contributed by atoms with van der Waals surface area (Å²) >= 11 is 3.26. The minimum atomic E-state index is -0.221. The number of amides is 1. The molecule has 2 N–H and O–H groups in total. The number of carbonyl (C=O) groups is 1. The van der Waals surface area contributed by atoms with E-state index in [1.54, 1.807) is 12.3 Å². The largest absolute Gasteiger partial charge is 0.373 e. The fraction of sp³-hybridized carbons (Fsp3) is 0.143. The number of rotatable bonds is 2. The van der Waals surface area contributed by atoms with E-state index < -0.39 is 0 Å². The second-order valence-electron chi connectivity index (χ2n) is 4.42. The fourth-order valence-corrected chi connectivity index (χ4v) is 2.37. The number of benzene rings is 1. The average molecular weight is 318 g/mol. The van der Waals surface area contributed by atoms with Crippen molar-refractivity contribution >= 4 is 33.2 Å². The van der Waals surface area contributed by atoms with Crippen LogP contribution >= 0.6 is 15.9 Å². The Morgan fingerprint density at radius 3 is 2.89 bits per heavy atom. The highest BCUT2D eigenvalue weighted by atomic mass is 79.9. The second-order valence-corrected chi connectivity index (χ2v) is 5.23. The Labute approximate surface area is 119 Å². The van der Waals surface area contributed by atoms with Gasteiger partial charge in [0.25, 0.3) is 0 Å². The number of hydrogen-bond acceptors (Lipinski definition) is 3. The quantitative estimate of drug-likeness (QED) is 0.837. The topological polar surface area (TPSA) is 54.0 Å². The van der Waals surface area contributed by atoms with E-state index in [1.807, 2.05) is 30.3 Å². The Morgan fingerprint density at radius 2 is 2.16 bits per heavy atom. The molecule has 1 aromatic heterocycles. The first-order chi connectivity index (χ1) is 9.22. The van der Waals surface area contributed by atoms with Gasteiger partial charge in [-0.1, -0.05) is 18.2 Å². The lowest BCUT2D eigenvalue weighted by atomic mass is 10.1. The van der Waals surface area contributed by atoms with Crippen molar-refractivity contribution in [1.29, 1.82) is 0 Å². The van der Waals surface area contributed by atoms with E-state index in [0.29, 0.717) is 12.1 Å². The van der Waals surface area contributed by atoms with E-state index in [0.717, 1.165) is 10.3 Å². The van der Waals surface area contributed by atoms with Crippen molar-refractivity contribution in [3.63, 3.8) is 0 Å². The van der Waals surface area contributed by atoms with E-state index in [2.05, 4.69) is 31.5 Å². The van der Waals surface area contributed by atoms with Gasteiger partial charge >= 0.3 is 0 Å². The van der Waals surface area contributed by atoms with Crippen molar-refractivity contribution in [1.82, 2.24) is 4.98 Å². The lowest BCUT2D eigenvalue weighted by Crippen LogP contribution is -2.32. The molecule has 0 aliphatic carbocycles. The summed E-state index contributed by atoms with van der Waals surface area (Å²) in [6.07, 6.45) is 2.34. The van der Waals surface area contributed by atoms with Crippen molar-refractivity contribution in [3.05, 3.63) is 52.8 Å². The van der Waals surface area contributed by atoms with Crippen LogP contribution in [0.25, 0.3) is 0 Å². The number of hydrogen-bond donors (Lipinski definition) is 2. The number of fused-ring (bicyclic) bond motifs is 1. The van der Waals surface area contributed by atoms with Crippen molar-refractivity contribution in [2.24, 2.45) is 0 Å².